The number of aromatic nitrogens is 3. The van der Waals surface area contributed by atoms with Crippen LogP contribution in [-0.2, 0) is 12.8 Å². The Kier molecular flexibility index (Phi) is 4.01. The average Bonchev–Trinajstić information content (AvgIpc) is 2.96. The molecule has 0 unspecified atom stereocenters. The van der Waals surface area contributed by atoms with Gasteiger partial charge in [0.25, 0.3) is 0 Å². The molecule has 3 rings (SSSR count). The van der Waals surface area contributed by atoms with Crippen molar-refractivity contribution < 1.29 is 4.79 Å². The fraction of sp³-hybridized carbons (Fsp3) is 0.250. The molecule has 4 nitrogen and oxygen atoms in total. The highest BCUT2D eigenvalue weighted by molar-refractivity contribution is 7.08. The van der Waals surface area contributed by atoms with Crippen LogP contribution < -0.4 is 0 Å². The fourth-order valence-electron chi connectivity index (χ4n) is 2.38. The molecule has 0 aliphatic heterocycles. The summed E-state index contributed by atoms with van der Waals surface area (Å²) < 4.78 is 3.92. The lowest BCUT2D eigenvalue weighted by molar-refractivity contribution is 0.0996. The molecule has 106 valence electrons. The Morgan fingerprint density at radius 3 is 2.95 bits per heavy atom. The second-order valence-corrected chi connectivity index (χ2v) is 5.64. The summed E-state index contributed by atoms with van der Waals surface area (Å²) in [5.41, 5.74) is 2.74. The molecule has 0 fully saturated rings. The number of hydrogen-bond donors (Lipinski definition) is 0. The van der Waals surface area contributed by atoms with Crippen LogP contribution >= 0.6 is 11.5 Å². The van der Waals surface area contributed by atoms with E-state index in [1.165, 1.54) is 11.5 Å². The number of rotatable bonds is 5. The van der Waals surface area contributed by atoms with Gasteiger partial charge in [-0.25, -0.2) is 0 Å². The monoisotopic (exact) mass is 297 g/mol. The zero-order valence-electron chi connectivity index (χ0n) is 11.7. The number of aryl methyl sites for hydroxylation is 1. The number of ketones is 1. The second kappa shape index (κ2) is 6.10. The van der Waals surface area contributed by atoms with E-state index in [1.54, 1.807) is 6.20 Å². The molecule has 3 aromatic rings. The van der Waals surface area contributed by atoms with E-state index in [-0.39, 0.29) is 5.78 Å². The van der Waals surface area contributed by atoms with Gasteiger partial charge in [-0.05, 0) is 35.6 Å². The Balaban J connectivity index is 1.91. The summed E-state index contributed by atoms with van der Waals surface area (Å²) in [5.74, 6) is 0.0878. The first kappa shape index (κ1) is 13.8. The van der Waals surface area contributed by atoms with Gasteiger partial charge in [0.2, 0.25) is 0 Å². The summed E-state index contributed by atoms with van der Waals surface area (Å²) in [6.07, 6.45) is 3.88. The Bertz CT molecular complexity index is 777. The van der Waals surface area contributed by atoms with Gasteiger partial charge in [-0.15, -0.1) is 5.10 Å². The van der Waals surface area contributed by atoms with E-state index in [1.807, 2.05) is 30.3 Å². The molecule has 1 aromatic carbocycles. The van der Waals surface area contributed by atoms with Crippen LogP contribution in [0.5, 0.6) is 0 Å². The highest BCUT2D eigenvalue weighted by Gasteiger charge is 2.17. The van der Waals surface area contributed by atoms with Crippen LogP contribution in [0.3, 0.4) is 0 Å². The highest BCUT2D eigenvalue weighted by atomic mass is 32.1. The predicted molar refractivity (Wildman–Crippen MR) is 83.7 cm³/mol. The van der Waals surface area contributed by atoms with Gasteiger partial charge in [0, 0.05) is 18.0 Å². The van der Waals surface area contributed by atoms with Crippen LogP contribution in [-0.4, -0.2) is 20.4 Å². The minimum Gasteiger partial charge on any atom is -0.293 e. The molecule has 0 aliphatic carbocycles. The van der Waals surface area contributed by atoms with E-state index in [0.29, 0.717) is 11.3 Å². The summed E-state index contributed by atoms with van der Waals surface area (Å²) >= 11 is 1.20. The number of fused-ring (bicyclic) bond motifs is 1. The minimum absolute atomic E-state index is 0.0878. The van der Waals surface area contributed by atoms with Crippen LogP contribution in [0.1, 0.15) is 34.3 Å². The van der Waals surface area contributed by atoms with E-state index in [9.17, 15) is 4.79 Å². The first-order valence-corrected chi connectivity index (χ1v) is 7.74. The number of pyridine rings is 1. The van der Waals surface area contributed by atoms with Crippen molar-refractivity contribution in [3.05, 3.63) is 52.7 Å². The van der Waals surface area contributed by atoms with Gasteiger partial charge in [-0.2, -0.15) is 0 Å². The number of benzene rings is 1. The normalized spacial score (nSPS) is 10.9. The number of hydrogen-bond acceptors (Lipinski definition) is 5. The maximum atomic E-state index is 12.5. The third kappa shape index (κ3) is 2.83. The van der Waals surface area contributed by atoms with Crippen LogP contribution in [0, 0.1) is 0 Å². The van der Waals surface area contributed by atoms with Crippen molar-refractivity contribution in [3.8, 4) is 0 Å². The van der Waals surface area contributed by atoms with Crippen LogP contribution in [0.25, 0.3) is 10.9 Å². The standard InChI is InChI=1S/C16H15N3OS/c1-2-5-14-16(21-19-18-14)15(20)10-11-8-9-17-13-7-4-3-6-12(11)13/h3-4,6-9H,2,5,10H2,1H3. The first-order chi connectivity index (χ1) is 10.3. The number of carbonyl (C=O) groups excluding carboxylic acids is 1. The molecule has 2 aromatic heterocycles. The van der Waals surface area contributed by atoms with Gasteiger partial charge >= 0.3 is 0 Å². The molecule has 0 aliphatic rings. The van der Waals surface area contributed by atoms with Gasteiger partial charge in [0.05, 0.1) is 11.2 Å². The smallest absolute Gasteiger partial charge is 0.180 e. The molecule has 0 saturated heterocycles. The van der Waals surface area contributed by atoms with Gasteiger partial charge in [-0.3, -0.25) is 9.78 Å². The Labute approximate surface area is 127 Å². The maximum absolute atomic E-state index is 12.5. The van der Waals surface area contributed by atoms with Crippen molar-refractivity contribution in [1.29, 1.82) is 0 Å². The van der Waals surface area contributed by atoms with Gasteiger partial charge < -0.3 is 0 Å². The first-order valence-electron chi connectivity index (χ1n) is 6.96. The van der Waals surface area contributed by atoms with Crippen LogP contribution in [0.4, 0.5) is 0 Å². The van der Waals surface area contributed by atoms with Crippen molar-refractivity contribution in [2.24, 2.45) is 0 Å². The summed E-state index contributed by atoms with van der Waals surface area (Å²) in [6.45, 7) is 2.07. The third-order valence-corrected chi connectivity index (χ3v) is 4.20. The minimum atomic E-state index is 0.0878. The molecule has 0 radical (unpaired) electrons. The maximum Gasteiger partial charge on any atom is 0.180 e. The van der Waals surface area contributed by atoms with E-state index in [2.05, 4.69) is 21.5 Å². The van der Waals surface area contributed by atoms with E-state index >= 15 is 0 Å². The second-order valence-electron chi connectivity index (χ2n) is 4.89. The van der Waals surface area contributed by atoms with Crippen molar-refractivity contribution in [2.45, 2.75) is 26.2 Å². The molecular formula is C16H15N3OS. The summed E-state index contributed by atoms with van der Waals surface area (Å²) in [4.78, 5) is 17.5. The van der Waals surface area contributed by atoms with Crippen molar-refractivity contribution in [1.82, 2.24) is 14.6 Å². The quantitative estimate of drug-likeness (QED) is 0.677. The Hall–Kier alpha value is -2.14. The van der Waals surface area contributed by atoms with Crippen LogP contribution in [0.2, 0.25) is 0 Å². The zero-order chi connectivity index (χ0) is 14.7. The van der Waals surface area contributed by atoms with Gasteiger partial charge in [0.1, 0.15) is 4.88 Å². The summed E-state index contributed by atoms with van der Waals surface area (Å²) in [6, 6.07) is 9.79. The van der Waals surface area contributed by atoms with Crippen LogP contribution in [0.15, 0.2) is 36.5 Å². The molecule has 0 spiro atoms. The summed E-state index contributed by atoms with van der Waals surface area (Å²) in [5, 5.41) is 5.10. The number of nitrogens with zero attached hydrogens (tertiary/aromatic N) is 3. The lowest BCUT2D eigenvalue weighted by Crippen LogP contribution is -2.05. The Morgan fingerprint density at radius 2 is 2.10 bits per heavy atom. The molecule has 5 heteroatoms. The molecule has 0 N–H and O–H groups in total. The topological polar surface area (TPSA) is 55.7 Å². The molecule has 0 amide bonds. The lowest BCUT2D eigenvalue weighted by Gasteiger charge is -2.05. The number of para-hydroxylation sites is 1. The average molecular weight is 297 g/mol. The van der Waals surface area contributed by atoms with E-state index in [0.717, 1.165) is 35.0 Å². The van der Waals surface area contributed by atoms with E-state index < -0.39 is 0 Å². The Morgan fingerprint density at radius 1 is 1.24 bits per heavy atom. The van der Waals surface area contributed by atoms with Crippen molar-refractivity contribution in [2.75, 3.05) is 0 Å². The number of Topliss-reactive ketones (excluding diaryl/α,β-unsaturated/α-hetero) is 1. The van der Waals surface area contributed by atoms with Crippen molar-refractivity contribution in [3.63, 3.8) is 0 Å². The molecular weight excluding hydrogens is 282 g/mol. The SMILES string of the molecule is CCCc1nnsc1C(=O)Cc1ccnc2ccccc12. The number of carbonyl (C=O) groups is 1. The molecule has 2 heterocycles. The third-order valence-electron chi connectivity index (χ3n) is 3.39. The molecule has 0 atom stereocenters. The summed E-state index contributed by atoms with van der Waals surface area (Å²) in [7, 11) is 0. The lowest BCUT2D eigenvalue weighted by atomic mass is 10.0. The molecule has 0 saturated carbocycles. The fourth-order valence-corrected chi connectivity index (χ4v) is 3.03. The van der Waals surface area contributed by atoms with Gasteiger partial charge in [0.15, 0.2) is 5.78 Å². The highest BCUT2D eigenvalue weighted by Crippen LogP contribution is 2.20. The van der Waals surface area contributed by atoms with Gasteiger partial charge in [-0.1, -0.05) is 36.0 Å². The molecule has 21 heavy (non-hydrogen) atoms. The predicted octanol–water partition coefficient (Wildman–Crippen LogP) is 3.46. The zero-order valence-corrected chi connectivity index (χ0v) is 12.6. The largest absolute Gasteiger partial charge is 0.293 e. The van der Waals surface area contributed by atoms with Crippen molar-refractivity contribution >= 4 is 28.2 Å². The van der Waals surface area contributed by atoms with E-state index in [4.69, 9.17) is 0 Å². The molecule has 0 bridgehead atoms.